The summed E-state index contributed by atoms with van der Waals surface area (Å²) in [5.74, 6) is 4.49. The van der Waals surface area contributed by atoms with E-state index >= 15 is 0 Å². The van der Waals surface area contributed by atoms with E-state index in [0.29, 0.717) is 45.8 Å². The van der Waals surface area contributed by atoms with E-state index in [0.717, 1.165) is 61.7 Å². The summed E-state index contributed by atoms with van der Waals surface area (Å²) >= 11 is 0. The van der Waals surface area contributed by atoms with Gasteiger partial charge in [0.25, 0.3) is 0 Å². The predicted octanol–water partition coefficient (Wildman–Crippen LogP) is 8.75. The van der Waals surface area contributed by atoms with Gasteiger partial charge in [-0.05, 0) is 136 Å². The van der Waals surface area contributed by atoms with Crippen molar-refractivity contribution >= 4 is 5.97 Å². The van der Waals surface area contributed by atoms with Crippen molar-refractivity contribution in [2.45, 2.75) is 51.6 Å². The van der Waals surface area contributed by atoms with Crippen LogP contribution in [0.3, 0.4) is 0 Å². The van der Waals surface area contributed by atoms with Crippen molar-refractivity contribution in [3.63, 3.8) is 0 Å². The van der Waals surface area contributed by atoms with E-state index in [1.54, 1.807) is 42.3 Å². The molecular weight excluding hydrogens is 765 g/mol. The smallest absolute Gasteiger partial charge is 0.342 e. The lowest BCUT2D eigenvalue weighted by atomic mass is 9.87. The Kier molecular flexibility index (Phi) is 12.6. The van der Waals surface area contributed by atoms with Crippen LogP contribution >= 0.6 is 0 Å². The number of hydrogen-bond donors (Lipinski definition) is 2. The molecule has 0 fully saturated rings. The third-order valence-corrected chi connectivity index (χ3v) is 11.6. The van der Waals surface area contributed by atoms with Gasteiger partial charge in [-0.25, -0.2) is 4.79 Å². The Balaban J connectivity index is 0.000000332. The average molecular weight is 819 g/mol. The molecule has 5 aromatic rings. The molecule has 12 heteroatoms. The molecule has 316 valence electrons. The van der Waals surface area contributed by atoms with E-state index in [9.17, 15) is 9.90 Å². The van der Waals surface area contributed by atoms with Crippen LogP contribution in [0, 0.1) is 6.92 Å². The summed E-state index contributed by atoms with van der Waals surface area (Å²) in [5, 5.41) is 18.5. The van der Waals surface area contributed by atoms with E-state index in [4.69, 9.17) is 38.3 Å². The molecular formula is C48H54N2O10. The van der Waals surface area contributed by atoms with Crippen LogP contribution in [0.1, 0.15) is 68.3 Å². The molecule has 4 aliphatic heterocycles. The Morgan fingerprint density at radius 3 is 2.02 bits per heavy atom. The molecule has 0 radical (unpaired) electrons. The molecule has 12 nitrogen and oxygen atoms in total. The van der Waals surface area contributed by atoms with Gasteiger partial charge in [0.15, 0.2) is 34.5 Å². The average Bonchev–Trinajstić information content (AvgIpc) is 3.23. The van der Waals surface area contributed by atoms with Crippen molar-refractivity contribution in [3.05, 3.63) is 117 Å². The quantitative estimate of drug-likeness (QED) is 0.159. The number of carbonyl (C=O) groups is 1. The summed E-state index contributed by atoms with van der Waals surface area (Å²) in [7, 11) is 11.1. The second kappa shape index (κ2) is 18.0. The minimum atomic E-state index is -0.581. The number of fused-ring (bicyclic) bond motifs is 2. The van der Waals surface area contributed by atoms with Gasteiger partial charge in [-0.2, -0.15) is 0 Å². The minimum absolute atomic E-state index is 0.000437. The molecule has 0 aromatic heterocycles. The third-order valence-electron chi connectivity index (χ3n) is 11.6. The van der Waals surface area contributed by atoms with Gasteiger partial charge in [-0.3, -0.25) is 9.80 Å². The first-order valence-corrected chi connectivity index (χ1v) is 20.2. The zero-order valence-electron chi connectivity index (χ0n) is 35.6. The number of hydrogen-bond acceptors (Lipinski definition) is 12. The summed E-state index contributed by atoms with van der Waals surface area (Å²) in [5.41, 5.74) is 7.74. The molecule has 9 rings (SSSR count). The third kappa shape index (κ3) is 8.48. The van der Waals surface area contributed by atoms with Gasteiger partial charge < -0.3 is 43.4 Å². The van der Waals surface area contributed by atoms with Crippen molar-refractivity contribution in [1.29, 1.82) is 0 Å². The van der Waals surface area contributed by atoms with Crippen molar-refractivity contribution in [2.24, 2.45) is 0 Å². The molecule has 2 atom stereocenters. The first kappa shape index (κ1) is 42.0. The van der Waals surface area contributed by atoms with Crippen LogP contribution < -0.4 is 28.4 Å². The van der Waals surface area contributed by atoms with Crippen LogP contribution in [-0.2, 0) is 30.4 Å². The number of ether oxygens (including phenoxy) is 7. The van der Waals surface area contributed by atoms with Crippen LogP contribution in [0.2, 0.25) is 0 Å². The summed E-state index contributed by atoms with van der Waals surface area (Å²) in [6.07, 6.45) is 3.37. The van der Waals surface area contributed by atoms with Gasteiger partial charge in [-0.15, -0.1) is 0 Å². The summed E-state index contributed by atoms with van der Waals surface area (Å²) in [4.78, 5) is 16.1. The molecule has 0 saturated heterocycles. The van der Waals surface area contributed by atoms with Crippen molar-refractivity contribution in [3.8, 4) is 57.5 Å². The number of nitrogens with zero attached hydrogens (tertiary/aromatic N) is 2. The Hall–Kier alpha value is -6.11. The lowest BCUT2D eigenvalue weighted by Gasteiger charge is -2.37. The number of rotatable bonds is 6. The summed E-state index contributed by atoms with van der Waals surface area (Å²) in [6.45, 7) is 5.41. The molecule has 0 aliphatic carbocycles. The van der Waals surface area contributed by atoms with Crippen LogP contribution in [0.15, 0.2) is 72.8 Å². The normalized spacial score (nSPS) is 17.0. The number of esters is 1. The summed E-state index contributed by atoms with van der Waals surface area (Å²) in [6, 6.07) is 23.7. The first-order valence-electron chi connectivity index (χ1n) is 20.2. The maximum Gasteiger partial charge on any atom is 0.342 e. The monoisotopic (exact) mass is 818 g/mol. The molecule has 60 heavy (non-hydrogen) atoms. The maximum absolute atomic E-state index is 11.3. The van der Waals surface area contributed by atoms with Gasteiger partial charge in [0.05, 0.1) is 35.0 Å². The fourth-order valence-corrected chi connectivity index (χ4v) is 8.49. The number of benzene rings is 5. The Morgan fingerprint density at radius 2 is 1.35 bits per heavy atom. The fourth-order valence-electron chi connectivity index (χ4n) is 8.49. The molecule has 6 bridgehead atoms. The Morgan fingerprint density at radius 1 is 0.717 bits per heavy atom. The maximum atomic E-state index is 11.3. The van der Waals surface area contributed by atoms with Gasteiger partial charge in [-0.1, -0.05) is 18.2 Å². The number of carbonyl (C=O) groups excluding carboxylic acids is 1. The van der Waals surface area contributed by atoms with Gasteiger partial charge in [0.2, 0.25) is 5.75 Å². The second-order valence-corrected chi connectivity index (χ2v) is 15.3. The number of methoxy groups -OCH3 is 4. The number of phenols is 2. The van der Waals surface area contributed by atoms with E-state index < -0.39 is 5.97 Å². The molecule has 0 amide bonds. The highest BCUT2D eigenvalue weighted by Gasteiger charge is 2.35. The van der Waals surface area contributed by atoms with E-state index in [1.165, 1.54) is 28.3 Å². The number of likely N-dealkylation sites (N-methyl/N-ethyl adjacent to an activating group) is 2. The SMILES string of the molecule is CCOC(=O)c1c(C)cc(O)cc1O.COc1ccc2cc1Oc1ccc(cc1)CC1c3cc(c(OC)cc3CCN1C)Oc1c(OC)c(OC)cc3c1C(C2)N(C)CC3. The van der Waals surface area contributed by atoms with Crippen molar-refractivity contribution < 1.29 is 48.2 Å². The molecule has 4 aliphatic rings. The molecule has 2 N–H and O–H groups in total. The number of aryl methyl sites for hydroxylation is 1. The highest BCUT2D eigenvalue weighted by molar-refractivity contribution is 5.94. The van der Waals surface area contributed by atoms with E-state index in [-0.39, 0.29) is 35.8 Å². The first-order chi connectivity index (χ1) is 29.0. The zero-order chi connectivity index (χ0) is 42.7. The van der Waals surface area contributed by atoms with Crippen LogP contribution in [0.25, 0.3) is 0 Å². The predicted molar refractivity (Wildman–Crippen MR) is 228 cm³/mol. The summed E-state index contributed by atoms with van der Waals surface area (Å²) < 4.78 is 41.8. The lowest BCUT2D eigenvalue weighted by Crippen LogP contribution is -2.34. The van der Waals surface area contributed by atoms with Crippen molar-refractivity contribution in [2.75, 3.05) is 62.2 Å². The van der Waals surface area contributed by atoms with Crippen LogP contribution in [-0.4, -0.2) is 88.2 Å². The standard InChI is InChI=1S/C38H42N2O6.C10H12O4/c1-39-15-13-25-20-32(42-4)34-22-28(25)29(39)17-23-7-10-27(11-8-23)45-33-19-24(9-12-31(33)41-3)18-30-36-26(14-16-40(30)2)21-35(43-5)37(44-6)38(36)46-34;1-3-14-10(13)9-6(2)4-7(11)5-8(9)12/h7-12,19-22,29-30H,13-18H2,1-6H3;4-5,11-12H,3H2,1-2H3. The van der Waals surface area contributed by atoms with E-state index in [2.05, 4.69) is 66.4 Å². The molecule has 4 heterocycles. The van der Waals surface area contributed by atoms with Crippen LogP contribution in [0.5, 0.6) is 57.5 Å². The van der Waals surface area contributed by atoms with Gasteiger partial charge in [0, 0.05) is 36.8 Å². The second-order valence-electron chi connectivity index (χ2n) is 15.3. The number of phenolic OH excluding ortho intramolecular Hbond substituents is 2. The van der Waals surface area contributed by atoms with Crippen LogP contribution in [0.4, 0.5) is 0 Å². The molecule has 2 unspecified atom stereocenters. The Labute approximate surface area is 351 Å². The molecule has 0 spiro atoms. The number of aromatic hydroxyl groups is 2. The topological polar surface area (TPSA) is 129 Å². The molecule has 5 aromatic carbocycles. The van der Waals surface area contributed by atoms with Crippen molar-refractivity contribution in [1.82, 2.24) is 9.80 Å². The molecule has 0 saturated carbocycles. The highest BCUT2D eigenvalue weighted by atomic mass is 16.5. The minimum Gasteiger partial charge on any atom is -0.508 e. The van der Waals surface area contributed by atoms with E-state index in [1.807, 2.05) is 18.2 Å². The zero-order valence-corrected chi connectivity index (χ0v) is 35.6. The van der Waals surface area contributed by atoms with Gasteiger partial charge in [0.1, 0.15) is 22.8 Å². The Bertz CT molecular complexity index is 2340. The lowest BCUT2D eigenvalue weighted by molar-refractivity contribution is 0.0522. The largest absolute Gasteiger partial charge is 0.508 e. The fraction of sp³-hybridized carbons (Fsp3) is 0.354. The van der Waals surface area contributed by atoms with Gasteiger partial charge >= 0.3 is 5.97 Å². The highest BCUT2D eigenvalue weighted by Crippen LogP contribution is 2.52.